The Kier molecular flexibility index (Phi) is 7.95. The summed E-state index contributed by atoms with van der Waals surface area (Å²) in [6.07, 6.45) is 1.11. The van der Waals surface area contributed by atoms with E-state index in [1.807, 2.05) is 6.07 Å². The first-order chi connectivity index (χ1) is 9.74. The second kappa shape index (κ2) is 9.19. The first-order valence-corrected chi connectivity index (χ1v) is 6.92. The van der Waals surface area contributed by atoms with Gasteiger partial charge in [0, 0.05) is 45.3 Å². The van der Waals surface area contributed by atoms with Gasteiger partial charge in [-0.1, -0.05) is 18.2 Å². The third-order valence-electron chi connectivity index (χ3n) is 3.59. The Morgan fingerprint density at radius 3 is 2.90 bits per heavy atom. The van der Waals surface area contributed by atoms with Gasteiger partial charge in [0.15, 0.2) is 5.96 Å². The van der Waals surface area contributed by atoms with Gasteiger partial charge in [-0.2, -0.15) is 0 Å². The number of nitrogens with one attached hydrogen (secondary N) is 1. The van der Waals surface area contributed by atoms with Gasteiger partial charge in [0.1, 0.15) is 5.82 Å². The molecule has 1 aromatic rings. The van der Waals surface area contributed by atoms with Crippen LogP contribution in [0, 0.1) is 11.7 Å². The van der Waals surface area contributed by atoms with Crippen LogP contribution in [0.4, 0.5) is 4.39 Å². The monoisotopic (exact) mass is 407 g/mol. The zero-order valence-corrected chi connectivity index (χ0v) is 14.8. The molecule has 0 amide bonds. The van der Waals surface area contributed by atoms with E-state index in [1.165, 1.54) is 6.07 Å². The Bertz CT molecular complexity index is 470. The average Bonchev–Trinajstić information content (AvgIpc) is 2.90. The number of hydrogen-bond donors (Lipinski definition) is 1. The number of hydrogen-bond acceptors (Lipinski definition) is 2. The molecule has 1 aromatic carbocycles. The molecule has 1 aliphatic rings. The molecule has 1 heterocycles. The van der Waals surface area contributed by atoms with Crippen molar-refractivity contribution in [2.45, 2.75) is 13.0 Å². The Labute approximate surface area is 142 Å². The van der Waals surface area contributed by atoms with E-state index in [9.17, 15) is 4.39 Å². The summed E-state index contributed by atoms with van der Waals surface area (Å²) >= 11 is 0. The predicted octanol–water partition coefficient (Wildman–Crippen LogP) is 2.49. The van der Waals surface area contributed by atoms with Crippen molar-refractivity contribution in [2.75, 3.05) is 33.9 Å². The number of methoxy groups -OCH3 is 1. The van der Waals surface area contributed by atoms with Crippen LogP contribution >= 0.6 is 24.0 Å². The van der Waals surface area contributed by atoms with Gasteiger partial charge in [-0.15, -0.1) is 24.0 Å². The molecule has 118 valence electrons. The zero-order valence-electron chi connectivity index (χ0n) is 12.5. The zero-order chi connectivity index (χ0) is 14.4. The lowest BCUT2D eigenvalue weighted by Crippen LogP contribution is -2.40. The predicted molar refractivity (Wildman–Crippen MR) is 93.6 cm³/mol. The fourth-order valence-electron chi connectivity index (χ4n) is 2.55. The van der Waals surface area contributed by atoms with Crippen LogP contribution in [-0.4, -0.2) is 44.7 Å². The molecule has 2 rings (SSSR count). The number of guanidine groups is 1. The normalized spacial score (nSPS) is 18.5. The largest absolute Gasteiger partial charge is 0.384 e. The average molecular weight is 407 g/mol. The van der Waals surface area contributed by atoms with E-state index in [1.54, 1.807) is 26.3 Å². The van der Waals surface area contributed by atoms with Crippen molar-refractivity contribution in [3.8, 4) is 0 Å². The molecule has 1 N–H and O–H groups in total. The maximum Gasteiger partial charge on any atom is 0.193 e. The van der Waals surface area contributed by atoms with Crippen LogP contribution in [0.15, 0.2) is 29.3 Å². The maximum atomic E-state index is 13.6. The standard InChI is InChI=1S/C15H22FN3O.HI/c1-17-15(19-8-7-12(10-19)11-20-2)18-9-13-5-3-4-6-14(13)16;/h3-6,12H,7-11H2,1-2H3,(H,17,18);1H. The summed E-state index contributed by atoms with van der Waals surface area (Å²) in [4.78, 5) is 6.48. The minimum atomic E-state index is -0.186. The van der Waals surface area contributed by atoms with Crippen molar-refractivity contribution >= 4 is 29.9 Å². The lowest BCUT2D eigenvalue weighted by Gasteiger charge is -2.21. The molecule has 0 saturated carbocycles. The van der Waals surface area contributed by atoms with Crippen LogP contribution < -0.4 is 5.32 Å². The van der Waals surface area contributed by atoms with Gasteiger partial charge in [-0.3, -0.25) is 4.99 Å². The van der Waals surface area contributed by atoms with Crippen molar-refractivity contribution in [2.24, 2.45) is 10.9 Å². The van der Waals surface area contributed by atoms with E-state index in [0.717, 1.165) is 32.1 Å². The molecule has 0 spiro atoms. The van der Waals surface area contributed by atoms with Gasteiger partial charge in [0.2, 0.25) is 0 Å². The molecule has 1 saturated heterocycles. The van der Waals surface area contributed by atoms with Gasteiger partial charge in [-0.05, 0) is 12.5 Å². The van der Waals surface area contributed by atoms with Crippen molar-refractivity contribution in [3.05, 3.63) is 35.6 Å². The van der Waals surface area contributed by atoms with Crippen LogP contribution in [0.1, 0.15) is 12.0 Å². The second-order valence-electron chi connectivity index (χ2n) is 5.05. The highest BCUT2D eigenvalue weighted by molar-refractivity contribution is 14.0. The molecular weight excluding hydrogens is 384 g/mol. The highest BCUT2D eigenvalue weighted by Crippen LogP contribution is 2.16. The number of ether oxygens (including phenoxy) is 1. The molecule has 0 aliphatic carbocycles. The van der Waals surface area contributed by atoms with Crippen LogP contribution in [0.25, 0.3) is 0 Å². The fourth-order valence-corrected chi connectivity index (χ4v) is 2.55. The SMILES string of the molecule is CN=C(NCc1ccccc1F)N1CCC(COC)C1.I. The molecule has 1 aliphatic heterocycles. The van der Waals surface area contributed by atoms with E-state index in [2.05, 4.69) is 15.2 Å². The summed E-state index contributed by atoms with van der Waals surface area (Å²) in [7, 11) is 3.49. The van der Waals surface area contributed by atoms with Crippen LogP contribution in [-0.2, 0) is 11.3 Å². The van der Waals surface area contributed by atoms with Gasteiger partial charge in [0.05, 0.1) is 6.61 Å². The lowest BCUT2D eigenvalue weighted by atomic mass is 10.1. The van der Waals surface area contributed by atoms with Crippen LogP contribution in [0.3, 0.4) is 0 Å². The highest BCUT2D eigenvalue weighted by atomic mass is 127. The number of halogens is 2. The first-order valence-electron chi connectivity index (χ1n) is 6.92. The molecule has 4 nitrogen and oxygen atoms in total. The van der Waals surface area contributed by atoms with E-state index in [0.29, 0.717) is 18.0 Å². The third kappa shape index (κ3) is 5.10. The van der Waals surface area contributed by atoms with E-state index in [-0.39, 0.29) is 29.8 Å². The van der Waals surface area contributed by atoms with E-state index < -0.39 is 0 Å². The maximum absolute atomic E-state index is 13.6. The third-order valence-corrected chi connectivity index (χ3v) is 3.59. The topological polar surface area (TPSA) is 36.9 Å². The quantitative estimate of drug-likeness (QED) is 0.474. The van der Waals surface area contributed by atoms with Crippen molar-refractivity contribution in [1.82, 2.24) is 10.2 Å². The van der Waals surface area contributed by atoms with Gasteiger partial charge in [0.25, 0.3) is 0 Å². The molecule has 1 atom stereocenters. The molecular formula is C15H23FIN3O. The molecule has 6 heteroatoms. The summed E-state index contributed by atoms with van der Waals surface area (Å²) in [6, 6.07) is 6.80. The lowest BCUT2D eigenvalue weighted by molar-refractivity contribution is 0.157. The summed E-state index contributed by atoms with van der Waals surface area (Å²) in [5, 5.41) is 3.23. The number of likely N-dealkylation sites (tertiary alicyclic amines) is 1. The van der Waals surface area contributed by atoms with Crippen molar-refractivity contribution in [1.29, 1.82) is 0 Å². The van der Waals surface area contributed by atoms with Crippen LogP contribution in [0.2, 0.25) is 0 Å². The minimum Gasteiger partial charge on any atom is -0.384 e. The Balaban J connectivity index is 0.00000220. The van der Waals surface area contributed by atoms with E-state index in [4.69, 9.17) is 4.74 Å². The number of rotatable bonds is 4. The van der Waals surface area contributed by atoms with E-state index >= 15 is 0 Å². The van der Waals surface area contributed by atoms with Crippen molar-refractivity contribution < 1.29 is 9.13 Å². The molecule has 0 bridgehead atoms. The molecule has 1 fully saturated rings. The Morgan fingerprint density at radius 1 is 1.48 bits per heavy atom. The number of aliphatic imine (C=N–C) groups is 1. The van der Waals surface area contributed by atoms with Crippen LogP contribution in [0.5, 0.6) is 0 Å². The molecule has 21 heavy (non-hydrogen) atoms. The van der Waals surface area contributed by atoms with Gasteiger partial charge in [-0.25, -0.2) is 4.39 Å². The molecule has 0 aromatic heterocycles. The van der Waals surface area contributed by atoms with Crippen molar-refractivity contribution in [3.63, 3.8) is 0 Å². The Hall–Kier alpha value is -0.890. The Morgan fingerprint density at radius 2 is 2.24 bits per heavy atom. The summed E-state index contributed by atoms with van der Waals surface area (Å²) in [5.74, 6) is 1.19. The first kappa shape index (κ1) is 18.2. The fraction of sp³-hybridized carbons (Fsp3) is 0.533. The molecule has 0 radical (unpaired) electrons. The van der Waals surface area contributed by atoms with Gasteiger partial charge < -0.3 is 15.0 Å². The second-order valence-corrected chi connectivity index (χ2v) is 5.05. The molecule has 1 unspecified atom stereocenters. The minimum absolute atomic E-state index is 0. The number of nitrogens with zero attached hydrogens (tertiary/aromatic N) is 2. The highest BCUT2D eigenvalue weighted by Gasteiger charge is 2.24. The van der Waals surface area contributed by atoms with Gasteiger partial charge >= 0.3 is 0 Å². The summed E-state index contributed by atoms with van der Waals surface area (Å²) in [5.41, 5.74) is 0.654. The number of benzene rings is 1. The summed E-state index contributed by atoms with van der Waals surface area (Å²) < 4.78 is 18.8. The summed E-state index contributed by atoms with van der Waals surface area (Å²) in [6.45, 7) is 3.13. The smallest absolute Gasteiger partial charge is 0.193 e.